The number of hydrogen-bond acceptors (Lipinski definition) is 4. The molecule has 37 heavy (non-hydrogen) atoms. The highest BCUT2D eigenvalue weighted by atomic mass is 35.5. The number of nitrogens with zero attached hydrogens (tertiary/aromatic N) is 2. The second-order valence-electron chi connectivity index (χ2n) is 8.30. The Morgan fingerprint density at radius 1 is 1.05 bits per heavy atom. The number of aliphatic hydroxyl groups is 1. The standard InChI is InChI=1S/C26H23ClF3N3O4/c27-19-4-8-21(9-5-19)37-22-10-6-20(7-11-22)33-23(17-2-1-3-18(14-17)26(28,29)30)15-32(25(33)36)16-24(35)31-12-13-34/h1-11,14,23,34H,12-13,15-16H2,(H,31,35). The minimum atomic E-state index is -4.55. The highest BCUT2D eigenvalue weighted by molar-refractivity contribution is 6.30. The van der Waals surface area contributed by atoms with Crippen LogP contribution in [0.3, 0.4) is 0 Å². The first-order chi connectivity index (χ1) is 17.7. The minimum absolute atomic E-state index is 0.00425. The highest BCUT2D eigenvalue weighted by Crippen LogP contribution is 2.38. The number of halogens is 4. The van der Waals surface area contributed by atoms with E-state index in [9.17, 15) is 22.8 Å². The van der Waals surface area contributed by atoms with Crippen molar-refractivity contribution in [2.45, 2.75) is 12.2 Å². The van der Waals surface area contributed by atoms with E-state index >= 15 is 0 Å². The third kappa shape index (κ3) is 6.33. The normalized spacial score (nSPS) is 15.7. The maximum Gasteiger partial charge on any atom is 0.416 e. The van der Waals surface area contributed by atoms with Crippen molar-refractivity contribution in [1.29, 1.82) is 0 Å². The van der Waals surface area contributed by atoms with Gasteiger partial charge in [-0.3, -0.25) is 9.69 Å². The molecule has 1 heterocycles. The number of carbonyl (C=O) groups is 2. The van der Waals surface area contributed by atoms with Crippen molar-refractivity contribution in [3.05, 3.63) is 88.9 Å². The maximum atomic E-state index is 13.4. The smallest absolute Gasteiger partial charge is 0.416 e. The zero-order chi connectivity index (χ0) is 26.6. The highest BCUT2D eigenvalue weighted by Gasteiger charge is 2.41. The van der Waals surface area contributed by atoms with Gasteiger partial charge in [-0.1, -0.05) is 23.7 Å². The molecule has 4 rings (SSSR count). The van der Waals surface area contributed by atoms with E-state index in [-0.39, 0.29) is 31.8 Å². The summed E-state index contributed by atoms with van der Waals surface area (Å²) in [7, 11) is 0. The monoisotopic (exact) mass is 533 g/mol. The number of aliphatic hydroxyl groups excluding tert-OH is 1. The largest absolute Gasteiger partial charge is 0.457 e. The molecule has 7 nitrogen and oxygen atoms in total. The fraction of sp³-hybridized carbons (Fsp3) is 0.231. The number of amides is 3. The number of ether oxygens (including phenoxy) is 1. The van der Waals surface area contributed by atoms with Crippen molar-refractivity contribution in [3.8, 4) is 11.5 Å². The molecule has 3 amide bonds. The van der Waals surface area contributed by atoms with Crippen LogP contribution in [0.2, 0.25) is 5.02 Å². The molecule has 0 bridgehead atoms. The first-order valence-corrected chi connectivity index (χ1v) is 11.7. The van der Waals surface area contributed by atoms with E-state index in [0.29, 0.717) is 22.2 Å². The van der Waals surface area contributed by atoms with Gasteiger partial charge in [0.25, 0.3) is 0 Å². The summed E-state index contributed by atoms with van der Waals surface area (Å²) >= 11 is 5.89. The zero-order valence-corrected chi connectivity index (χ0v) is 20.2. The van der Waals surface area contributed by atoms with Gasteiger partial charge in [0, 0.05) is 23.8 Å². The predicted molar refractivity (Wildman–Crippen MR) is 132 cm³/mol. The maximum absolute atomic E-state index is 13.4. The van der Waals surface area contributed by atoms with Gasteiger partial charge in [0.1, 0.15) is 18.0 Å². The van der Waals surface area contributed by atoms with E-state index in [4.69, 9.17) is 21.4 Å². The van der Waals surface area contributed by atoms with E-state index in [1.54, 1.807) is 48.5 Å². The Balaban J connectivity index is 1.62. The number of nitrogens with one attached hydrogen (secondary N) is 1. The Morgan fingerprint density at radius 3 is 2.32 bits per heavy atom. The number of hydrogen-bond donors (Lipinski definition) is 2. The molecule has 1 aliphatic heterocycles. The van der Waals surface area contributed by atoms with Gasteiger partial charge in [-0.15, -0.1) is 0 Å². The SMILES string of the molecule is O=C(CN1CC(c2cccc(C(F)(F)F)c2)N(c2ccc(Oc3ccc(Cl)cc3)cc2)C1=O)NCCO. The first kappa shape index (κ1) is 26.3. The molecular weight excluding hydrogens is 511 g/mol. The van der Waals surface area contributed by atoms with Gasteiger partial charge in [-0.25, -0.2) is 4.79 Å². The van der Waals surface area contributed by atoms with Crippen LogP contribution in [0.1, 0.15) is 17.2 Å². The summed E-state index contributed by atoms with van der Waals surface area (Å²) in [5.41, 5.74) is -0.125. The molecule has 0 aliphatic carbocycles. The van der Waals surface area contributed by atoms with Crippen LogP contribution in [0.4, 0.5) is 23.7 Å². The fourth-order valence-electron chi connectivity index (χ4n) is 3.99. The van der Waals surface area contributed by atoms with Crippen molar-refractivity contribution in [1.82, 2.24) is 10.2 Å². The molecule has 1 saturated heterocycles. The Labute approximate surface area is 216 Å². The average Bonchev–Trinajstić information content (AvgIpc) is 3.20. The summed E-state index contributed by atoms with van der Waals surface area (Å²) in [5, 5.41) is 12.0. The fourth-order valence-corrected chi connectivity index (χ4v) is 4.12. The van der Waals surface area contributed by atoms with Crippen LogP contribution in [-0.2, 0) is 11.0 Å². The number of urea groups is 1. The second kappa shape index (κ2) is 11.1. The van der Waals surface area contributed by atoms with Gasteiger partial charge in [-0.2, -0.15) is 13.2 Å². The summed E-state index contributed by atoms with van der Waals surface area (Å²) in [6.07, 6.45) is -4.55. The molecule has 0 aromatic heterocycles. The van der Waals surface area contributed by atoms with Gasteiger partial charge >= 0.3 is 12.2 Å². The lowest BCUT2D eigenvalue weighted by molar-refractivity contribution is -0.137. The number of anilines is 1. The molecule has 2 N–H and O–H groups in total. The van der Waals surface area contributed by atoms with Crippen LogP contribution >= 0.6 is 11.6 Å². The zero-order valence-electron chi connectivity index (χ0n) is 19.4. The molecule has 3 aromatic rings. The van der Waals surface area contributed by atoms with E-state index < -0.39 is 29.7 Å². The van der Waals surface area contributed by atoms with Crippen molar-refractivity contribution in [3.63, 3.8) is 0 Å². The summed E-state index contributed by atoms with van der Waals surface area (Å²) < 4.78 is 45.9. The lowest BCUT2D eigenvalue weighted by Crippen LogP contribution is -2.40. The summed E-state index contributed by atoms with van der Waals surface area (Å²) in [4.78, 5) is 28.2. The Morgan fingerprint density at radius 2 is 1.70 bits per heavy atom. The average molecular weight is 534 g/mol. The third-order valence-corrected chi connectivity index (χ3v) is 5.96. The van der Waals surface area contributed by atoms with Crippen LogP contribution in [0, 0.1) is 0 Å². The molecule has 3 aromatic carbocycles. The Kier molecular flexibility index (Phi) is 7.89. The van der Waals surface area contributed by atoms with Crippen molar-refractivity contribution < 1.29 is 32.6 Å². The summed E-state index contributed by atoms with van der Waals surface area (Å²) in [5.74, 6) is 0.545. The van der Waals surface area contributed by atoms with Crippen molar-refractivity contribution >= 4 is 29.2 Å². The molecule has 0 radical (unpaired) electrons. The molecular formula is C26H23ClF3N3O4. The van der Waals surface area contributed by atoms with Crippen LogP contribution in [0.15, 0.2) is 72.8 Å². The lowest BCUT2D eigenvalue weighted by atomic mass is 10.0. The Hall–Kier alpha value is -3.76. The van der Waals surface area contributed by atoms with Gasteiger partial charge < -0.3 is 20.1 Å². The van der Waals surface area contributed by atoms with Crippen LogP contribution in [0.5, 0.6) is 11.5 Å². The van der Waals surface area contributed by atoms with Gasteiger partial charge in [0.15, 0.2) is 0 Å². The summed E-state index contributed by atoms with van der Waals surface area (Å²) in [6.45, 7) is -0.544. The molecule has 11 heteroatoms. The van der Waals surface area contributed by atoms with E-state index in [2.05, 4.69) is 5.32 Å². The van der Waals surface area contributed by atoms with Gasteiger partial charge in [0.05, 0.1) is 18.2 Å². The predicted octanol–water partition coefficient (Wildman–Crippen LogP) is 5.24. The van der Waals surface area contributed by atoms with Crippen LogP contribution < -0.4 is 15.0 Å². The lowest BCUT2D eigenvalue weighted by Gasteiger charge is -2.24. The molecule has 0 saturated carbocycles. The van der Waals surface area contributed by atoms with Crippen molar-refractivity contribution in [2.75, 3.05) is 31.1 Å². The molecule has 1 aliphatic rings. The van der Waals surface area contributed by atoms with E-state index in [0.717, 1.165) is 12.1 Å². The number of rotatable bonds is 8. The van der Waals surface area contributed by atoms with Crippen molar-refractivity contribution in [2.24, 2.45) is 0 Å². The quantitative estimate of drug-likeness (QED) is 0.415. The Bertz CT molecular complexity index is 1250. The minimum Gasteiger partial charge on any atom is -0.457 e. The topological polar surface area (TPSA) is 82.1 Å². The number of alkyl halides is 3. The molecule has 194 valence electrons. The number of benzene rings is 3. The third-order valence-electron chi connectivity index (χ3n) is 5.71. The van der Waals surface area contributed by atoms with E-state index in [1.807, 2.05) is 0 Å². The molecule has 1 fully saturated rings. The molecule has 1 unspecified atom stereocenters. The van der Waals surface area contributed by atoms with Crippen LogP contribution in [0.25, 0.3) is 0 Å². The van der Waals surface area contributed by atoms with Gasteiger partial charge in [-0.05, 0) is 66.2 Å². The van der Waals surface area contributed by atoms with Crippen LogP contribution in [-0.4, -0.2) is 48.2 Å². The molecule has 0 spiro atoms. The second-order valence-corrected chi connectivity index (χ2v) is 8.73. The van der Waals surface area contributed by atoms with Gasteiger partial charge in [0.2, 0.25) is 5.91 Å². The number of carbonyl (C=O) groups excluding carboxylic acids is 2. The van der Waals surface area contributed by atoms with E-state index in [1.165, 1.54) is 21.9 Å². The first-order valence-electron chi connectivity index (χ1n) is 11.3. The summed E-state index contributed by atoms with van der Waals surface area (Å²) in [6, 6.07) is 16.8. The molecule has 1 atom stereocenters.